The Bertz CT molecular complexity index is 299. The van der Waals surface area contributed by atoms with E-state index in [1.807, 2.05) is 13.8 Å². The number of carbonyl (C=O) groups excluding carboxylic acids is 1. The fourth-order valence-corrected chi connectivity index (χ4v) is 3.06. The molecule has 0 heterocycles. The highest BCUT2D eigenvalue weighted by atomic mass is 16.5. The number of esters is 1. The summed E-state index contributed by atoms with van der Waals surface area (Å²) in [5, 5.41) is 3.37. The van der Waals surface area contributed by atoms with Crippen molar-refractivity contribution in [3.63, 3.8) is 0 Å². The first-order chi connectivity index (χ1) is 9.59. The molecule has 1 saturated carbocycles. The summed E-state index contributed by atoms with van der Waals surface area (Å²) >= 11 is 0. The van der Waals surface area contributed by atoms with Crippen LogP contribution in [0.2, 0.25) is 0 Å². The second-order valence-corrected chi connectivity index (χ2v) is 5.56. The number of carbonyl (C=O) groups is 1. The lowest BCUT2D eigenvalue weighted by Gasteiger charge is -2.30. The highest BCUT2D eigenvalue weighted by molar-refractivity contribution is 5.81. The second kappa shape index (κ2) is 8.60. The number of nitrogens with zero attached hydrogens (tertiary/aromatic N) is 1. The summed E-state index contributed by atoms with van der Waals surface area (Å²) in [6.07, 6.45) is 3.76. The minimum absolute atomic E-state index is 0.0883. The van der Waals surface area contributed by atoms with Crippen LogP contribution < -0.4 is 5.32 Å². The van der Waals surface area contributed by atoms with Gasteiger partial charge in [0.25, 0.3) is 0 Å². The monoisotopic (exact) mass is 286 g/mol. The van der Waals surface area contributed by atoms with Gasteiger partial charge in [0, 0.05) is 26.3 Å². The maximum Gasteiger partial charge on any atom is 0.326 e. The first-order valence-corrected chi connectivity index (χ1v) is 7.71. The maximum atomic E-state index is 12.3. The van der Waals surface area contributed by atoms with Crippen molar-refractivity contribution in [1.29, 1.82) is 0 Å². The van der Waals surface area contributed by atoms with Gasteiger partial charge >= 0.3 is 5.97 Å². The summed E-state index contributed by atoms with van der Waals surface area (Å²) in [6, 6.07) is 0.440. The summed E-state index contributed by atoms with van der Waals surface area (Å²) < 4.78 is 10.4. The molecule has 2 unspecified atom stereocenters. The SMILES string of the molecule is CCNC1(C(=O)OCC)CCC(N(C)CCCOC)C1. The molecule has 1 rings (SSSR count). The summed E-state index contributed by atoms with van der Waals surface area (Å²) in [5.74, 6) is -0.0883. The van der Waals surface area contributed by atoms with E-state index < -0.39 is 5.54 Å². The van der Waals surface area contributed by atoms with Crippen molar-refractivity contribution in [3.8, 4) is 0 Å². The molecule has 5 heteroatoms. The number of hydrogen-bond acceptors (Lipinski definition) is 5. The van der Waals surface area contributed by atoms with Crippen LogP contribution in [0.5, 0.6) is 0 Å². The van der Waals surface area contributed by atoms with E-state index in [-0.39, 0.29) is 5.97 Å². The van der Waals surface area contributed by atoms with E-state index in [0.29, 0.717) is 12.6 Å². The van der Waals surface area contributed by atoms with Gasteiger partial charge in [-0.1, -0.05) is 6.92 Å². The number of ether oxygens (including phenoxy) is 2. The molecule has 118 valence electrons. The average Bonchev–Trinajstić information content (AvgIpc) is 2.85. The van der Waals surface area contributed by atoms with Crippen LogP contribution >= 0.6 is 0 Å². The van der Waals surface area contributed by atoms with E-state index in [0.717, 1.165) is 45.4 Å². The van der Waals surface area contributed by atoms with Crippen molar-refractivity contribution < 1.29 is 14.3 Å². The van der Waals surface area contributed by atoms with Crippen molar-refractivity contribution in [2.75, 3.05) is 40.5 Å². The molecule has 0 bridgehead atoms. The van der Waals surface area contributed by atoms with Crippen LogP contribution in [0.4, 0.5) is 0 Å². The third-order valence-electron chi connectivity index (χ3n) is 4.15. The van der Waals surface area contributed by atoms with Gasteiger partial charge in [-0.15, -0.1) is 0 Å². The molecule has 0 spiro atoms. The van der Waals surface area contributed by atoms with E-state index in [2.05, 4.69) is 17.3 Å². The molecule has 1 N–H and O–H groups in total. The average molecular weight is 286 g/mol. The molecule has 0 aromatic heterocycles. The van der Waals surface area contributed by atoms with Crippen LogP contribution in [-0.2, 0) is 14.3 Å². The lowest BCUT2D eigenvalue weighted by molar-refractivity contribution is -0.151. The van der Waals surface area contributed by atoms with Gasteiger partial charge in [-0.25, -0.2) is 0 Å². The van der Waals surface area contributed by atoms with E-state index in [9.17, 15) is 4.79 Å². The highest BCUT2D eigenvalue weighted by Crippen LogP contribution is 2.34. The molecular formula is C15H30N2O3. The molecule has 0 amide bonds. The summed E-state index contributed by atoms with van der Waals surface area (Å²) in [5.41, 5.74) is -0.481. The smallest absolute Gasteiger partial charge is 0.326 e. The maximum absolute atomic E-state index is 12.3. The predicted molar refractivity (Wildman–Crippen MR) is 79.8 cm³/mol. The van der Waals surface area contributed by atoms with Gasteiger partial charge < -0.3 is 19.7 Å². The van der Waals surface area contributed by atoms with E-state index >= 15 is 0 Å². The highest BCUT2D eigenvalue weighted by Gasteiger charge is 2.46. The van der Waals surface area contributed by atoms with Crippen molar-refractivity contribution in [2.45, 2.75) is 51.1 Å². The van der Waals surface area contributed by atoms with Crippen LogP contribution in [0.15, 0.2) is 0 Å². The minimum Gasteiger partial charge on any atom is -0.465 e. The minimum atomic E-state index is -0.481. The molecule has 0 aromatic carbocycles. The molecule has 20 heavy (non-hydrogen) atoms. The van der Waals surface area contributed by atoms with E-state index in [1.54, 1.807) is 7.11 Å². The van der Waals surface area contributed by atoms with Gasteiger partial charge in [0.05, 0.1) is 6.61 Å². The molecule has 0 aromatic rings. The van der Waals surface area contributed by atoms with E-state index in [4.69, 9.17) is 9.47 Å². The van der Waals surface area contributed by atoms with Crippen molar-refractivity contribution in [1.82, 2.24) is 10.2 Å². The van der Waals surface area contributed by atoms with Gasteiger partial charge in [0.2, 0.25) is 0 Å². The first kappa shape index (κ1) is 17.4. The topological polar surface area (TPSA) is 50.8 Å². The zero-order valence-electron chi connectivity index (χ0n) is 13.4. The van der Waals surface area contributed by atoms with Gasteiger partial charge in [-0.3, -0.25) is 4.79 Å². The molecule has 2 atom stereocenters. The molecule has 1 fully saturated rings. The Morgan fingerprint density at radius 1 is 1.45 bits per heavy atom. The predicted octanol–water partition coefficient (Wildman–Crippen LogP) is 1.42. The first-order valence-electron chi connectivity index (χ1n) is 7.71. The number of rotatable bonds is 9. The molecule has 0 saturated heterocycles. The Balaban J connectivity index is 2.57. The lowest BCUT2D eigenvalue weighted by Crippen LogP contribution is -2.52. The Labute approximate surface area is 123 Å². The summed E-state index contributed by atoms with van der Waals surface area (Å²) in [4.78, 5) is 14.6. The third kappa shape index (κ3) is 4.43. The quantitative estimate of drug-likeness (QED) is 0.513. The normalized spacial score (nSPS) is 26.1. The Kier molecular flexibility index (Phi) is 7.48. The Morgan fingerprint density at radius 3 is 2.80 bits per heavy atom. The van der Waals surface area contributed by atoms with Crippen LogP contribution in [0.25, 0.3) is 0 Å². The molecule has 1 aliphatic carbocycles. The van der Waals surface area contributed by atoms with Gasteiger partial charge in [-0.05, 0) is 46.2 Å². The Morgan fingerprint density at radius 2 is 2.20 bits per heavy atom. The fourth-order valence-electron chi connectivity index (χ4n) is 3.06. The van der Waals surface area contributed by atoms with Crippen molar-refractivity contribution >= 4 is 5.97 Å². The van der Waals surface area contributed by atoms with E-state index in [1.165, 1.54) is 0 Å². The Hall–Kier alpha value is -0.650. The zero-order chi connectivity index (χ0) is 15.0. The fraction of sp³-hybridized carbons (Fsp3) is 0.933. The molecule has 1 aliphatic rings. The number of nitrogens with one attached hydrogen (secondary N) is 1. The second-order valence-electron chi connectivity index (χ2n) is 5.56. The summed E-state index contributed by atoms with van der Waals surface area (Å²) in [7, 11) is 3.86. The van der Waals surface area contributed by atoms with Crippen molar-refractivity contribution in [3.05, 3.63) is 0 Å². The molecule has 5 nitrogen and oxygen atoms in total. The largest absolute Gasteiger partial charge is 0.465 e. The van der Waals surface area contributed by atoms with Crippen LogP contribution in [-0.4, -0.2) is 62.9 Å². The van der Waals surface area contributed by atoms with Gasteiger partial charge in [-0.2, -0.15) is 0 Å². The van der Waals surface area contributed by atoms with Crippen LogP contribution in [0.3, 0.4) is 0 Å². The van der Waals surface area contributed by atoms with Crippen LogP contribution in [0.1, 0.15) is 39.5 Å². The summed E-state index contributed by atoms with van der Waals surface area (Å²) in [6.45, 7) is 6.92. The number of likely N-dealkylation sites (N-methyl/N-ethyl adjacent to an activating group) is 1. The third-order valence-corrected chi connectivity index (χ3v) is 4.15. The zero-order valence-corrected chi connectivity index (χ0v) is 13.4. The molecular weight excluding hydrogens is 256 g/mol. The van der Waals surface area contributed by atoms with Gasteiger partial charge in [0.15, 0.2) is 0 Å². The van der Waals surface area contributed by atoms with Gasteiger partial charge in [0.1, 0.15) is 5.54 Å². The molecule has 0 radical (unpaired) electrons. The van der Waals surface area contributed by atoms with Crippen molar-refractivity contribution in [2.24, 2.45) is 0 Å². The standard InChI is InChI=1S/C15H30N2O3/c1-5-16-15(14(18)20-6-2)9-8-13(12-15)17(3)10-7-11-19-4/h13,16H,5-12H2,1-4H3. The lowest BCUT2D eigenvalue weighted by atomic mass is 9.97. The number of hydrogen-bond donors (Lipinski definition) is 1. The van der Waals surface area contributed by atoms with Crippen LogP contribution in [0, 0.1) is 0 Å². The molecule has 0 aliphatic heterocycles. The number of methoxy groups -OCH3 is 1.